The molecule has 1 aromatic carbocycles. The van der Waals surface area contributed by atoms with Crippen molar-refractivity contribution < 1.29 is 0 Å². The van der Waals surface area contributed by atoms with Gasteiger partial charge in [-0.25, -0.2) is 0 Å². The summed E-state index contributed by atoms with van der Waals surface area (Å²) in [6, 6.07) is 9.73. The van der Waals surface area contributed by atoms with Gasteiger partial charge in [-0.1, -0.05) is 24.3 Å². The van der Waals surface area contributed by atoms with Crippen LogP contribution in [0.1, 0.15) is 24.0 Å². The molecular weight excluding hydrogens is 146 g/mol. The van der Waals surface area contributed by atoms with Gasteiger partial charge in [0.15, 0.2) is 0 Å². The molecular formula is C11H13N. The summed E-state index contributed by atoms with van der Waals surface area (Å²) < 4.78 is 0. The first kappa shape index (κ1) is 6.67. The van der Waals surface area contributed by atoms with Crippen LogP contribution in [-0.2, 0) is 13.1 Å². The first-order valence-corrected chi connectivity index (χ1v) is 4.74. The molecule has 3 rings (SSSR count). The maximum absolute atomic E-state index is 2.60. The smallest absolute Gasteiger partial charge is 0.0243 e. The van der Waals surface area contributed by atoms with Crippen LogP contribution in [-0.4, -0.2) is 10.9 Å². The van der Waals surface area contributed by atoms with E-state index in [1.54, 1.807) is 11.1 Å². The standard InChI is InChI=1S/C11H13N/c1-2-4-10-8-12(11-5-6-11)7-9(10)3-1/h1-4,11H,5-8H2. The molecule has 1 aliphatic heterocycles. The molecule has 0 bridgehead atoms. The van der Waals surface area contributed by atoms with Gasteiger partial charge in [-0.2, -0.15) is 0 Å². The fourth-order valence-corrected chi connectivity index (χ4v) is 2.06. The second-order valence-corrected chi connectivity index (χ2v) is 3.90. The first-order valence-electron chi connectivity index (χ1n) is 4.74. The quantitative estimate of drug-likeness (QED) is 0.607. The van der Waals surface area contributed by atoms with Gasteiger partial charge in [0.1, 0.15) is 0 Å². The summed E-state index contributed by atoms with van der Waals surface area (Å²) in [5.74, 6) is 0. The van der Waals surface area contributed by atoms with Gasteiger partial charge >= 0.3 is 0 Å². The van der Waals surface area contributed by atoms with Crippen molar-refractivity contribution in [3.8, 4) is 0 Å². The largest absolute Gasteiger partial charge is 0.292 e. The molecule has 2 aliphatic rings. The molecule has 1 nitrogen and oxygen atoms in total. The van der Waals surface area contributed by atoms with Gasteiger partial charge in [-0.3, -0.25) is 4.90 Å². The SMILES string of the molecule is c1ccc2c(c1)CN(C1CC1)C2. The number of benzene rings is 1. The van der Waals surface area contributed by atoms with Crippen LogP contribution in [0.15, 0.2) is 24.3 Å². The number of nitrogens with zero attached hydrogens (tertiary/aromatic N) is 1. The van der Waals surface area contributed by atoms with Crippen molar-refractivity contribution >= 4 is 0 Å². The first-order chi connectivity index (χ1) is 5.93. The lowest BCUT2D eigenvalue weighted by molar-refractivity contribution is 0.273. The lowest BCUT2D eigenvalue weighted by atomic mass is 10.1. The Balaban J connectivity index is 1.89. The molecule has 0 amide bonds. The van der Waals surface area contributed by atoms with Crippen molar-refractivity contribution in [2.24, 2.45) is 0 Å². The highest BCUT2D eigenvalue weighted by atomic mass is 15.2. The zero-order chi connectivity index (χ0) is 7.97. The number of hydrogen-bond acceptors (Lipinski definition) is 1. The summed E-state index contributed by atoms with van der Waals surface area (Å²) in [6.45, 7) is 2.39. The Morgan fingerprint density at radius 2 is 1.58 bits per heavy atom. The normalized spacial score (nSPS) is 22.7. The Bertz CT molecular complexity index is 277. The second-order valence-electron chi connectivity index (χ2n) is 3.90. The monoisotopic (exact) mass is 159 g/mol. The van der Waals surface area contributed by atoms with E-state index in [1.165, 1.54) is 25.9 Å². The van der Waals surface area contributed by atoms with Crippen molar-refractivity contribution in [3.63, 3.8) is 0 Å². The summed E-state index contributed by atoms with van der Waals surface area (Å²) in [7, 11) is 0. The van der Waals surface area contributed by atoms with Gasteiger partial charge in [0.05, 0.1) is 0 Å². The van der Waals surface area contributed by atoms with E-state index in [1.807, 2.05) is 0 Å². The van der Waals surface area contributed by atoms with Crippen LogP contribution in [0.3, 0.4) is 0 Å². The van der Waals surface area contributed by atoms with Crippen molar-refractivity contribution in [3.05, 3.63) is 35.4 Å². The van der Waals surface area contributed by atoms with Gasteiger partial charge in [-0.05, 0) is 24.0 Å². The molecule has 12 heavy (non-hydrogen) atoms. The third-order valence-corrected chi connectivity index (χ3v) is 2.93. The molecule has 0 aromatic heterocycles. The van der Waals surface area contributed by atoms with E-state index >= 15 is 0 Å². The second kappa shape index (κ2) is 2.33. The van der Waals surface area contributed by atoms with Crippen LogP contribution >= 0.6 is 0 Å². The zero-order valence-corrected chi connectivity index (χ0v) is 7.16. The van der Waals surface area contributed by atoms with Crippen molar-refractivity contribution in [1.82, 2.24) is 4.90 Å². The number of hydrogen-bond donors (Lipinski definition) is 0. The van der Waals surface area contributed by atoms with Crippen LogP contribution in [0.25, 0.3) is 0 Å². The van der Waals surface area contributed by atoms with Crippen LogP contribution in [0.4, 0.5) is 0 Å². The van der Waals surface area contributed by atoms with E-state index in [4.69, 9.17) is 0 Å². The Hall–Kier alpha value is -0.820. The van der Waals surface area contributed by atoms with Gasteiger partial charge in [0.2, 0.25) is 0 Å². The van der Waals surface area contributed by atoms with Gasteiger partial charge in [0.25, 0.3) is 0 Å². The van der Waals surface area contributed by atoms with Crippen LogP contribution in [0.2, 0.25) is 0 Å². The molecule has 62 valence electrons. The van der Waals surface area contributed by atoms with E-state index < -0.39 is 0 Å². The third kappa shape index (κ3) is 0.969. The fourth-order valence-electron chi connectivity index (χ4n) is 2.06. The molecule has 1 aliphatic carbocycles. The number of rotatable bonds is 1. The molecule has 1 saturated carbocycles. The van der Waals surface area contributed by atoms with E-state index in [0.29, 0.717) is 0 Å². The summed E-state index contributed by atoms with van der Waals surface area (Å²) in [5.41, 5.74) is 3.09. The van der Waals surface area contributed by atoms with Crippen LogP contribution in [0, 0.1) is 0 Å². The van der Waals surface area contributed by atoms with Gasteiger partial charge < -0.3 is 0 Å². The average Bonchev–Trinajstić information content (AvgIpc) is 2.85. The minimum Gasteiger partial charge on any atom is -0.292 e. The lowest BCUT2D eigenvalue weighted by Crippen LogP contribution is -2.18. The summed E-state index contributed by atoms with van der Waals surface area (Å²) in [5, 5.41) is 0. The highest BCUT2D eigenvalue weighted by molar-refractivity contribution is 5.30. The van der Waals surface area contributed by atoms with Crippen LogP contribution < -0.4 is 0 Å². The Labute approximate surface area is 73.0 Å². The van der Waals surface area contributed by atoms with Gasteiger partial charge in [0, 0.05) is 19.1 Å². The predicted octanol–water partition coefficient (Wildman–Crippen LogP) is 2.16. The molecule has 0 atom stereocenters. The molecule has 1 heteroatoms. The van der Waals surface area contributed by atoms with E-state index in [-0.39, 0.29) is 0 Å². The topological polar surface area (TPSA) is 3.24 Å². The van der Waals surface area contributed by atoms with Crippen molar-refractivity contribution in [2.45, 2.75) is 32.0 Å². The molecule has 1 fully saturated rings. The Morgan fingerprint density at radius 3 is 2.08 bits per heavy atom. The average molecular weight is 159 g/mol. The van der Waals surface area contributed by atoms with Crippen molar-refractivity contribution in [2.75, 3.05) is 0 Å². The summed E-state index contributed by atoms with van der Waals surface area (Å²) in [4.78, 5) is 2.60. The number of fused-ring (bicyclic) bond motifs is 1. The molecule has 0 N–H and O–H groups in total. The van der Waals surface area contributed by atoms with E-state index in [9.17, 15) is 0 Å². The Kier molecular flexibility index (Phi) is 1.30. The third-order valence-electron chi connectivity index (χ3n) is 2.93. The summed E-state index contributed by atoms with van der Waals surface area (Å²) >= 11 is 0. The van der Waals surface area contributed by atoms with Crippen LogP contribution in [0.5, 0.6) is 0 Å². The molecule has 0 saturated heterocycles. The Morgan fingerprint density at radius 1 is 1.00 bits per heavy atom. The summed E-state index contributed by atoms with van der Waals surface area (Å²) in [6.07, 6.45) is 2.85. The van der Waals surface area contributed by atoms with E-state index in [0.717, 1.165) is 6.04 Å². The minimum atomic E-state index is 0.914. The molecule has 0 spiro atoms. The fraction of sp³-hybridized carbons (Fsp3) is 0.455. The van der Waals surface area contributed by atoms with Crippen molar-refractivity contribution in [1.29, 1.82) is 0 Å². The molecule has 1 aromatic rings. The highest BCUT2D eigenvalue weighted by Gasteiger charge is 2.32. The minimum absolute atomic E-state index is 0.914. The maximum atomic E-state index is 2.60. The van der Waals surface area contributed by atoms with E-state index in [2.05, 4.69) is 29.2 Å². The molecule has 0 radical (unpaired) electrons. The predicted molar refractivity (Wildman–Crippen MR) is 48.7 cm³/mol. The maximum Gasteiger partial charge on any atom is 0.0243 e. The molecule has 1 heterocycles. The highest BCUT2D eigenvalue weighted by Crippen LogP contribution is 2.34. The zero-order valence-electron chi connectivity index (χ0n) is 7.16. The van der Waals surface area contributed by atoms with Gasteiger partial charge in [-0.15, -0.1) is 0 Å². The molecule has 0 unspecified atom stereocenters. The lowest BCUT2D eigenvalue weighted by Gasteiger charge is -2.11.